The molecule has 1 nitrogen and oxygen atoms in total. The lowest BCUT2D eigenvalue weighted by Gasteiger charge is -2.18. The molecule has 1 rings (SSSR count). The van der Waals surface area contributed by atoms with E-state index < -0.39 is 6.17 Å². The molecule has 54 valence electrons. The van der Waals surface area contributed by atoms with Crippen molar-refractivity contribution in [3.8, 4) is 0 Å². The van der Waals surface area contributed by atoms with Crippen molar-refractivity contribution in [3.05, 3.63) is 0 Å². The lowest BCUT2D eigenvalue weighted by molar-refractivity contribution is 0.246. The van der Waals surface area contributed by atoms with E-state index in [1.807, 2.05) is 0 Å². The molecule has 1 unspecified atom stereocenters. The Hall–Kier alpha value is -0.110. The van der Waals surface area contributed by atoms with Crippen LogP contribution >= 0.6 is 0 Å². The van der Waals surface area contributed by atoms with Gasteiger partial charge in [0, 0.05) is 19.1 Å². The van der Waals surface area contributed by atoms with Crippen LogP contribution in [0.1, 0.15) is 20.3 Å². The largest absolute Gasteiger partial charge is 0.298 e. The maximum atomic E-state index is 12.5. The normalized spacial score (nSPS) is 30.0. The van der Waals surface area contributed by atoms with Crippen LogP contribution < -0.4 is 0 Å². The van der Waals surface area contributed by atoms with Gasteiger partial charge in [0.25, 0.3) is 0 Å². The summed E-state index contributed by atoms with van der Waals surface area (Å²) >= 11 is 0. The topological polar surface area (TPSA) is 3.24 Å². The van der Waals surface area contributed by atoms with Gasteiger partial charge in [-0.05, 0) is 20.3 Å². The fraction of sp³-hybridized carbons (Fsp3) is 1.00. The van der Waals surface area contributed by atoms with E-state index in [1.54, 1.807) is 0 Å². The first-order valence-corrected chi connectivity index (χ1v) is 3.58. The van der Waals surface area contributed by atoms with E-state index in [4.69, 9.17) is 0 Å². The summed E-state index contributed by atoms with van der Waals surface area (Å²) in [5, 5.41) is 0. The molecule has 0 spiro atoms. The fourth-order valence-electron chi connectivity index (χ4n) is 1.21. The third-order valence-electron chi connectivity index (χ3n) is 1.89. The molecule has 1 aliphatic rings. The van der Waals surface area contributed by atoms with Crippen LogP contribution in [-0.4, -0.2) is 30.2 Å². The Morgan fingerprint density at radius 1 is 1.56 bits per heavy atom. The van der Waals surface area contributed by atoms with Gasteiger partial charge in [-0.25, -0.2) is 4.39 Å². The summed E-state index contributed by atoms with van der Waals surface area (Å²) in [6.45, 7) is 5.81. The minimum Gasteiger partial charge on any atom is -0.298 e. The zero-order chi connectivity index (χ0) is 6.85. The Morgan fingerprint density at radius 3 is 2.44 bits per heavy atom. The lowest BCUT2D eigenvalue weighted by Crippen LogP contribution is -2.28. The molecular weight excluding hydrogens is 117 g/mol. The van der Waals surface area contributed by atoms with Gasteiger partial charge < -0.3 is 0 Å². The number of alkyl halides is 1. The van der Waals surface area contributed by atoms with Gasteiger partial charge >= 0.3 is 0 Å². The number of hydrogen-bond acceptors (Lipinski definition) is 1. The standard InChI is InChI=1S/C7H14FN/c1-6(2)9-4-3-7(8)5-9/h6-7H,3-5H2,1-2H3. The van der Waals surface area contributed by atoms with Crippen LogP contribution in [0, 0.1) is 0 Å². The first-order valence-electron chi connectivity index (χ1n) is 3.58. The van der Waals surface area contributed by atoms with Crippen molar-refractivity contribution in [3.63, 3.8) is 0 Å². The van der Waals surface area contributed by atoms with Crippen LogP contribution in [0.5, 0.6) is 0 Å². The van der Waals surface area contributed by atoms with Crippen molar-refractivity contribution in [2.75, 3.05) is 13.1 Å². The molecule has 0 aromatic carbocycles. The molecular formula is C7H14FN. The van der Waals surface area contributed by atoms with Gasteiger partial charge in [-0.1, -0.05) is 0 Å². The molecule has 1 aliphatic heterocycles. The SMILES string of the molecule is CC(C)N1CCC(F)C1. The molecule has 1 atom stereocenters. The van der Waals surface area contributed by atoms with Crippen LogP contribution in [0.3, 0.4) is 0 Å². The molecule has 1 heterocycles. The number of halogens is 1. The molecule has 9 heavy (non-hydrogen) atoms. The second kappa shape index (κ2) is 2.65. The summed E-state index contributed by atoms with van der Waals surface area (Å²) in [5.41, 5.74) is 0. The van der Waals surface area contributed by atoms with E-state index in [0.29, 0.717) is 12.6 Å². The van der Waals surface area contributed by atoms with Crippen molar-refractivity contribution in [2.24, 2.45) is 0 Å². The van der Waals surface area contributed by atoms with Crippen molar-refractivity contribution < 1.29 is 4.39 Å². The zero-order valence-electron chi connectivity index (χ0n) is 6.10. The first kappa shape index (κ1) is 7.00. The summed E-state index contributed by atoms with van der Waals surface area (Å²) in [6.07, 6.45) is 0.172. The molecule has 0 amide bonds. The molecule has 2 heteroatoms. The van der Waals surface area contributed by atoms with E-state index in [2.05, 4.69) is 18.7 Å². The van der Waals surface area contributed by atoms with Crippen molar-refractivity contribution in [1.82, 2.24) is 4.90 Å². The molecule has 1 saturated heterocycles. The van der Waals surface area contributed by atoms with Crippen LogP contribution in [0.15, 0.2) is 0 Å². The summed E-state index contributed by atoms with van der Waals surface area (Å²) in [7, 11) is 0. The van der Waals surface area contributed by atoms with Crippen LogP contribution in [-0.2, 0) is 0 Å². The minimum atomic E-state index is -0.563. The predicted molar refractivity (Wildman–Crippen MR) is 36.2 cm³/mol. The van der Waals surface area contributed by atoms with Gasteiger partial charge in [0.1, 0.15) is 6.17 Å². The average molecular weight is 131 g/mol. The Bertz CT molecular complexity index is 92.9. The smallest absolute Gasteiger partial charge is 0.114 e. The first-order chi connectivity index (χ1) is 4.20. The molecule has 0 radical (unpaired) electrons. The zero-order valence-corrected chi connectivity index (χ0v) is 6.10. The second-order valence-electron chi connectivity index (χ2n) is 2.97. The number of hydrogen-bond donors (Lipinski definition) is 0. The highest BCUT2D eigenvalue weighted by molar-refractivity contribution is 4.76. The molecule has 0 N–H and O–H groups in total. The molecule has 0 aliphatic carbocycles. The molecule has 0 bridgehead atoms. The summed E-state index contributed by atoms with van der Waals surface area (Å²) < 4.78 is 12.5. The van der Waals surface area contributed by atoms with Gasteiger partial charge in [0.05, 0.1) is 0 Å². The second-order valence-corrected chi connectivity index (χ2v) is 2.97. The molecule has 1 fully saturated rings. The summed E-state index contributed by atoms with van der Waals surface area (Å²) in [5.74, 6) is 0. The Labute approximate surface area is 55.8 Å². The average Bonchev–Trinajstić information content (AvgIpc) is 2.14. The van der Waals surface area contributed by atoms with Crippen LogP contribution in [0.2, 0.25) is 0 Å². The summed E-state index contributed by atoms with van der Waals surface area (Å²) in [4.78, 5) is 2.17. The van der Waals surface area contributed by atoms with E-state index in [1.165, 1.54) is 0 Å². The van der Waals surface area contributed by atoms with Gasteiger partial charge in [0.2, 0.25) is 0 Å². The van der Waals surface area contributed by atoms with Crippen LogP contribution in [0.25, 0.3) is 0 Å². The fourth-order valence-corrected chi connectivity index (χ4v) is 1.21. The highest BCUT2D eigenvalue weighted by Crippen LogP contribution is 2.14. The number of nitrogens with zero attached hydrogens (tertiary/aromatic N) is 1. The van der Waals surface area contributed by atoms with Crippen molar-refractivity contribution >= 4 is 0 Å². The van der Waals surface area contributed by atoms with Crippen molar-refractivity contribution in [2.45, 2.75) is 32.5 Å². The van der Waals surface area contributed by atoms with E-state index in [0.717, 1.165) is 13.0 Å². The van der Waals surface area contributed by atoms with Gasteiger partial charge in [-0.2, -0.15) is 0 Å². The molecule has 0 aromatic rings. The summed E-state index contributed by atoms with van der Waals surface area (Å²) in [6, 6.07) is 0.519. The van der Waals surface area contributed by atoms with E-state index >= 15 is 0 Å². The Kier molecular flexibility index (Phi) is 2.06. The Morgan fingerprint density at radius 2 is 2.22 bits per heavy atom. The van der Waals surface area contributed by atoms with Crippen molar-refractivity contribution in [1.29, 1.82) is 0 Å². The maximum absolute atomic E-state index is 12.5. The van der Waals surface area contributed by atoms with Gasteiger partial charge in [-0.3, -0.25) is 4.90 Å². The maximum Gasteiger partial charge on any atom is 0.114 e. The molecule has 0 aromatic heterocycles. The Balaban J connectivity index is 2.30. The highest BCUT2D eigenvalue weighted by Gasteiger charge is 2.22. The van der Waals surface area contributed by atoms with Crippen LogP contribution in [0.4, 0.5) is 4.39 Å². The molecule has 0 saturated carbocycles. The third kappa shape index (κ3) is 1.65. The van der Waals surface area contributed by atoms with E-state index in [-0.39, 0.29) is 0 Å². The lowest BCUT2D eigenvalue weighted by atomic mass is 10.3. The van der Waals surface area contributed by atoms with E-state index in [9.17, 15) is 4.39 Å². The quantitative estimate of drug-likeness (QED) is 0.520. The van der Waals surface area contributed by atoms with Gasteiger partial charge in [0.15, 0.2) is 0 Å². The minimum absolute atomic E-state index is 0.519. The van der Waals surface area contributed by atoms with Gasteiger partial charge in [-0.15, -0.1) is 0 Å². The predicted octanol–water partition coefficient (Wildman–Crippen LogP) is 1.44. The third-order valence-corrected chi connectivity index (χ3v) is 1.89. The highest BCUT2D eigenvalue weighted by atomic mass is 19.1. The monoisotopic (exact) mass is 131 g/mol. The number of likely N-dealkylation sites (tertiary alicyclic amines) is 1. The number of rotatable bonds is 1.